The summed E-state index contributed by atoms with van der Waals surface area (Å²) in [5, 5.41) is 0. The summed E-state index contributed by atoms with van der Waals surface area (Å²) in [5.74, 6) is 0. The minimum atomic E-state index is 0.975. The molecule has 0 fully saturated rings. The van der Waals surface area contributed by atoms with Crippen LogP contribution in [0.5, 0.6) is 0 Å². The molecule has 0 saturated carbocycles. The maximum atomic E-state index is 2.27. The molecule has 0 N–H and O–H groups in total. The summed E-state index contributed by atoms with van der Waals surface area (Å²) in [7, 11) is 4.22. The first-order valence-corrected chi connectivity index (χ1v) is 6.37. The minimum absolute atomic E-state index is 0.975. The number of nitrogens with zero attached hydrogens (tertiary/aromatic N) is 1. The molecule has 18 heavy (non-hydrogen) atoms. The normalized spacial score (nSPS) is 10.9. The van der Waals surface area contributed by atoms with Crippen molar-refractivity contribution in [3.8, 4) is 11.1 Å². The molecule has 0 aromatic heterocycles. The van der Waals surface area contributed by atoms with Gasteiger partial charge in [0.25, 0.3) is 0 Å². The summed E-state index contributed by atoms with van der Waals surface area (Å²) < 4.78 is 0. The minimum Gasteiger partial charge on any atom is -0.305 e. The highest BCUT2D eigenvalue weighted by molar-refractivity contribution is 5.68. The molecule has 0 aliphatic heterocycles. The quantitative estimate of drug-likeness (QED) is 0.781. The average molecular weight is 239 g/mol. The Kier molecular flexibility index (Phi) is 3.83. The van der Waals surface area contributed by atoms with E-state index in [1.807, 2.05) is 0 Å². The molecule has 0 spiro atoms. The summed E-state index contributed by atoms with van der Waals surface area (Å²) in [6.07, 6.45) is 0. The molecule has 0 aliphatic carbocycles. The monoisotopic (exact) mass is 239 g/mol. The van der Waals surface area contributed by atoms with Crippen molar-refractivity contribution in [2.75, 3.05) is 14.1 Å². The van der Waals surface area contributed by atoms with E-state index in [2.05, 4.69) is 75.3 Å². The molecule has 0 unspecified atom stereocenters. The number of aryl methyl sites for hydroxylation is 2. The summed E-state index contributed by atoms with van der Waals surface area (Å²) in [6, 6.07) is 15.4. The Hall–Kier alpha value is -1.60. The molecule has 0 atom stereocenters. The Morgan fingerprint density at radius 2 is 1.50 bits per heavy atom. The first-order valence-electron chi connectivity index (χ1n) is 6.37. The average Bonchev–Trinajstić information content (AvgIpc) is 2.27. The number of hydrogen-bond acceptors (Lipinski definition) is 1. The molecular weight excluding hydrogens is 218 g/mol. The van der Waals surface area contributed by atoms with Gasteiger partial charge in [0.15, 0.2) is 0 Å². The van der Waals surface area contributed by atoms with Crippen LogP contribution in [0.25, 0.3) is 11.1 Å². The van der Waals surface area contributed by atoms with Gasteiger partial charge >= 0.3 is 0 Å². The molecule has 1 heteroatoms. The van der Waals surface area contributed by atoms with Crippen LogP contribution in [0.4, 0.5) is 0 Å². The smallest absolute Gasteiger partial charge is 0.0233 e. The lowest BCUT2D eigenvalue weighted by Crippen LogP contribution is -2.11. The van der Waals surface area contributed by atoms with Crippen molar-refractivity contribution >= 4 is 0 Å². The standard InChI is InChI=1S/C17H21N/c1-13-9-14(2)11-16(10-13)17-8-6-5-7-15(17)12-18(3)4/h5-11H,12H2,1-4H3. The first kappa shape index (κ1) is 12.8. The molecule has 0 amide bonds. The number of hydrogen-bond donors (Lipinski definition) is 0. The fourth-order valence-corrected chi connectivity index (χ4v) is 2.41. The van der Waals surface area contributed by atoms with Crippen LogP contribution in [0.3, 0.4) is 0 Å². The van der Waals surface area contributed by atoms with Crippen molar-refractivity contribution in [2.24, 2.45) is 0 Å². The second-order valence-electron chi connectivity index (χ2n) is 5.27. The van der Waals surface area contributed by atoms with E-state index in [1.165, 1.54) is 27.8 Å². The Bertz CT molecular complexity index is 521. The van der Waals surface area contributed by atoms with E-state index in [-0.39, 0.29) is 0 Å². The molecule has 2 aromatic carbocycles. The molecule has 0 heterocycles. The van der Waals surface area contributed by atoms with Crippen molar-refractivity contribution in [3.63, 3.8) is 0 Å². The molecule has 2 rings (SSSR count). The molecule has 2 aromatic rings. The van der Waals surface area contributed by atoms with Gasteiger partial charge in [-0.2, -0.15) is 0 Å². The van der Waals surface area contributed by atoms with Gasteiger partial charge in [0.1, 0.15) is 0 Å². The van der Waals surface area contributed by atoms with Crippen LogP contribution >= 0.6 is 0 Å². The fourth-order valence-electron chi connectivity index (χ4n) is 2.41. The summed E-state index contributed by atoms with van der Waals surface area (Å²) in [6.45, 7) is 5.29. The van der Waals surface area contributed by atoms with Crippen LogP contribution in [0.2, 0.25) is 0 Å². The third-order valence-electron chi connectivity index (χ3n) is 3.04. The third-order valence-corrected chi connectivity index (χ3v) is 3.04. The lowest BCUT2D eigenvalue weighted by molar-refractivity contribution is 0.403. The van der Waals surface area contributed by atoms with E-state index < -0.39 is 0 Å². The maximum Gasteiger partial charge on any atom is 0.0233 e. The summed E-state index contributed by atoms with van der Waals surface area (Å²) in [4.78, 5) is 2.21. The van der Waals surface area contributed by atoms with Gasteiger partial charge in [-0.25, -0.2) is 0 Å². The van der Waals surface area contributed by atoms with Crippen molar-refractivity contribution in [2.45, 2.75) is 20.4 Å². The molecule has 0 bridgehead atoms. The van der Waals surface area contributed by atoms with Crippen molar-refractivity contribution < 1.29 is 0 Å². The fraction of sp³-hybridized carbons (Fsp3) is 0.294. The van der Waals surface area contributed by atoms with Gasteiger partial charge in [0.2, 0.25) is 0 Å². The van der Waals surface area contributed by atoms with Crippen LogP contribution in [0.1, 0.15) is 16.7 Å². The van der Waals surface area contributed by atoms with E-state index in [1.54, 1.807) is 0 Å². The molecular formula is C17H21N. The van der Waals surface area contributed by atoms with Gasteiger partial charge in [0, 0.05) is 6.54 Å². The first-order chi connectivity index (χ1) is 8.56. The summed E-state index contributed by atoms with van der Waals surface area (Å²) >= 11 is 0. The van der Waals surface area contributed by atoms with E-state index in [4.69, 9.17) is 0 Å². The highest BCUT2D eigenvalue weighted by atomic mass is 15.0. The van der Waals surface area contributed by atoms with Crippen LogP contribution in [0, 0.1) is 13.8 Å². The van der Waals surface area contributed by atoms with Gasteiger partial charge in [-0.15, -0.1) is 0 Å². The van der Waals surface area contributed by atoms with Crippen molar-refractivity contribution in [1.29, 1.82) is 0 Å². The van der Waals surface area contributed by atoms with Gasteiger partial charge in [-0.1, -0.05) is 53.6 Å². The lowest BCUT2D eigenvalue weighted by atomic mass is 9.96. The predicted octanol–water partition coefficient (Wildman–Crippen LogP) is 4.03. The predicted molar refractivity (Wildman–Crippen MR) is 78.7 cm³/mol. The van der Waals surface area contributed by atoms with Gasteiger partial charge in [0.05, 0.1) is 0 Å². The Morgan fingerprint density at radius 1 is 0.889 bits per heavy atom. The van der Waals surface area contributed by atoms with Crippen LogP contribution < -0.4 is 0 Å². The molecule has 94 valence electrons. The Morgan fingerprint density at radius 3 is 2.11 bits per heavy atom. The van der Waals surface area contributed by atoms with Crippen molar-refractivity contribution in [1.82, 2.24) is 4.90 Å². The topological polar surface area (TPSA) is 3.24 Å². The molecule has 1 nitrogen and oxygen atoms in total. The van der Waals surface area contributed by atoms with Gasteiger partial charge in [-0.05, 0) is 44.6 Å². The summed E-state index contributed by atoms with van der Waals surface area (Å²) in [5.41, 5.74) is 6.70. The maximum absolute atomic E-state index is 2.27. The zero-order valence-electron chi connectivity index (χ0n) is 11.7. The third kappa shape index (κ3) is 2.99. The SMILES string of the molecule is Cc1cc(C)cc(-c2ccccc2CN(C)C)c1. The van der Waals surface area contributed by atoms with Crippen LogP contribution in [-0.4, -0.2) is 19.0 Å². The Labute approximate surface area is 110 Å². The Balaban J connectivity index is 2.49. The van der Waals surface area contributed by atoms with Crippen LogP contribution in [-0.2, 0) is 6.54 Å². The molecule has 0 aliphatic rings. The zero-order valence-corrected chi connectivity index (χ0v) is 11.7. The van der Waals surface area contributed by atoms with E-state index in [0.717, 1.165) is 6.54 Å². The van der Waals surface area contributed by atoms with Crippen LogP contribution in [0.15, 0.2) is 42.5 Å². The largest absolute Gasteiger partial charge is 0.305 e. The van der Waals surface area contributed by atoms with Gasteiger partial charge < -0.3 is 4.90 Å². The number of benzene rings is 2. The van der Waals surface area contributed by atoms with E-state index in [0.29, 0.717) is 0 Å². The van der Waals surface area contributed by atoms with Gasteiger partial charge in [-0.3, -0.25) is 0 Å². The second kappa shape index (κ2) is 5.36. The number of rotatable bonds is 3. The highest BCUT2D eigenvalue weighted by Crippen LogP contribution is 2.26. The molecule has 0 radical (unpaired) electrons. The molecule has 0 saturated heterocycles. The second-order valence-corrected chi connectivity index (χ2v) is 5.27. The van der Waals surface area contributed by atoms with Crippen molar-refractivity contribution in [3.05, 3.63) is 59.2 Å². The van der Waals surface area contributed by atoms with E-state index in [9.17, 15) is 0 Å². The van der Waals surface area contributed by atoms with E-state index >= 15 is 0 Å². The lowest BCUT2D eigenvalue weighted by Gasteiger charge is -2.15. The highest BCUT2D eigenvalue weighted by Gasteiger charge is 2.06. The zero-order chi connectivity index (χ0) is 13.1.